The number of aliphatic hydroxyl groups is 1. The molecule has 0 fully saturated rings. The Bertz CT molecular complexity index is 534. The zero-order chi connectivity index (χ0) is 13.0. The molecule has 0 saturated heterocycles. The van der Waals surface area contributed by atoms with Crippen LogP contribution in [0.1, 0.15) is 12.0 Å². The normalized spacial score (nSPS) is 10.5. The highest BCUT2D eigenvalue weighted by molar-refractivity contribution is 7.99. The Labute approximate surface area is 110 Å². The van der Waals surface area contributed by atoms with Gasteiger partial charge in [0.15, 0.2) is 0 Å². The minimum atomic E-state index is 0.167. The maximum atomic E-state index is 8.97. The molecule has 1 heterocycles. The van der Waals surface area contributed by atoms with Crippen molar-refractivity contribution in [2.75, 3.05) is 5.75 Å². The Hall–Kier alpha value is -1.75. The molecule has 5 heteroatoms. The summed E-state index contributed by atoms with van der Waals surface area (Å²) in [6, 6.07) is 7.91. The third kappa shape index (κ3) is 3.37. The van der Waals surface area contributed by atoms with Crippen molar-refractivity contribution in [3.63, 3.8) is 0 Å². The molecule has 0 bridgehead atoms. The Kier molecular flexibility index (Phi) is 4.04. The lowest BCUT2D eigenvalue weighted by Gasteiger charge is -1.96. The SMILES string of the molecule is C=C(O)CCSc1nnc(-c2ccc(C)cc2)o1. The highest BCUT2D eigenvalue weighted by Crippen LogP contribution is 2.24. The number of aromatic nitrogens is 2. The lowest BCUT2D eigenvalue weighted by atomic mass is 10.1. The average molecular weight is 262 g/mol. The fourth-order valence-corrected chi connectivity index (χ4v) is 2.09. The van der Waals surface area contributed by atoms with Crippen LogP contribution >= 0.6 is 11.8 Å². The zero-order valence-electron chi connectivity index (χ0n) is 10.1. The minimum absolute atomic E-state index is 0.167. The summed E-state index contributed by atoms with van der Waals surface area (Å²) in [5.41, 5.74) is 2.10. The summed E-state index contributed by atoms with van der Waals surface area (Å²) in [5, 5.41) is 17.4. The Morgan fingerprint density at radius 1 is 1.33 bits per heavy atom. The van der Waals surface area contributed by atoms with E-state index < -0.39 is 0 Å². The first-order chi connectivity index (χ1) is 8.65. The smallest absolute Gasteiger partial charge is 0.276 e. The summed E-state index contributed by atoms with van der Waals surface area (Å²) < 4.78 is 5.52. The Balaban J connectivity index is 2.01. The fourth-order valence-electron chi connectivity index (χ4n) is 1.34. The van der Waals surface area contributed by atoms with Gasteiger partial charge in [-0.15, -0.1) is 10.2 Å². The van der Waals surface area contributed by atoms with Crippen molar-refractivity contribution < 1.29 is 9.52 Å². The largest absolute Gasteiger partial charge is 0.513 e. The van der Waals surface area contributed by atoms with Gasteiger partial charge in [-0.05, 0) is 19.1 Å². The number of aryl methyl sites for hydroxylation is 1. The van der Waals surface area contributed by atoms with Gasteiger partial charge in [0.1, 0.15) is 0 Å². The summed E-state index contributed by atoms with van der Waals surface area (Å²) in [6.45, 7) is 5.45. The van der Waals surface area contributed by atoms with E-state index in [1.165, 1.54) is 17.3 Å². The van der Waals surface area contributed by atoms with Crippen molar-refractivity contribution in [3.8, 4) is 11.5 Å². The van der Waals surface area contributed by atoms with Gasteiger partial charge in [-0.3, -0.25) is 0 Å². The number of allylic oxidation sites excluding steroid dienone is 1. The van der Waals surface area contributed by atoms with E-state index in [1.807, 2.05) is 31.2 Å². The number of benzene rings is 1. The maximum absolute atomic E-state index is 8.97. The predicted octanol–water partition coefficient (Wildman–Crippen LogP) is 3.60. The number of rotatable bonds is 5. The third-order valence-corrected chi connectivity index (χ3v) is 3.14. The van der Waals surface area contributed by atoms with Crippen LogP contribution in [0.15, 0.2) is 46.2 Å². The fraction of sp³-hybridized carbons (Fsp3) is 0.231. The van der Waals surface area contributed by atoms with Gasteiger partial charge in [0, 0.05) is 17.7 Å². The van der Waals surface area contributed by atoms with Crippen LogP contribution in [0.2, 0.25) is 0 Å². The van der Waals surface area contributed by atoms with Crippen molar-refractivity contribution in [1.29, 1.82) is 0 Å². The van der Waals surface area contributed by atoms with Crippen molar-refractivity contribution in [2.24, 2.45) is 0 Å². The van der Waals surface area contributed by atoms with Gasteiger partial charge in [-0.2, -0.15) is 0 Å². The average Bonchev–Trinajstić information content (AvgIpc) is 2.78. The van der Waals surface area contributed by atoms with Gasteiger partial charge >= 0.3 is 0 Å². The van der Waals surface area contributed by atoms with Gasteiger partial charge in [0.05, 0.1) is 5.76 Å². The van der Waals surface area contributed by atoms with Crippen molar-refractivity contribution in [1.82, 2.24) is 10.2 Å². The first-order valence-electron chi connectivity index (χ1n) is 5.55. The van der Waals surface area contributed by atoms with E-state index in [2.05, 4.69) is 16.8 Å². The van der Waals surface area contributed by atoms with Crippen LogP contribution in [0.25, 0.3) is 11.5 Å². The molecule has 0 spiro atoms. The van der Waals surface area contributed by atoms with Crippen molar-refractivity contribution in [2.45, 2.75) is 18.6 Å². The molecule has 0 amide bonds. The molecular formula is C13H14N2O2S. The third-order valence-electron chi connectivity index (χ3n) is 2.32. The Morgan fingerprint density at radius 3 is 2.72 bits per heavy atom. The van der Waals surface area contributed by atoms with Crippen LogP contribution in [0, 0.1) is 6.92 Å². The van der Waals surface area contributed by atoms with E-state index in [1.54, 1.807) is 0 Å². The second-order valence-corrected chi connectivity index (χ2v) is 4.95. The molecule has 4 nitrogen and oxygen atoms in total. The van der Waals surface area contributed by atoms with Gasteiger partial charge < -0.3 is 9.52 Å². The van der Waals surface area contributed by atoms with Crippen LogP contribution in [0.3, 0.4) is 0 Å². The highest BCUT2D eigenvalue weighted by atomic mass is 32.2. The van der Waals surface area contributed by atoms with E-state index in [0.717, 1.165) is 5.56 Å². The number of thioether (sulfide) groups is 1. The molecule has 18 heavy (non-hydrogen) atoms. The van der Waals surface area contributed by atoms with Crippen molar-refractivity contribution >= 4 is 11.8 Å². The quantitative estimate of drug-likeness (QED) is 0.659. The lowest BCUT2D eigenvalue weighted by molar-refractivity contribution is 0.398. The van der Waals surface area contributed by atoms with Gasteiger partial charge in [0.2, 0.25) is 5.89 Å². The molecule has 2 aromatic rings. The first-order valence-corrected chi connectivity index (χ1v) is 6.54. The highest BCUT2D eigenvalue weighted by Gasteiger charge is 2.08. The molecule has 1 aromatic heterocycles. The van der Waals surface area contributed by atoms with E-state index in [0.29, 0.717) is 23.3 Å². The topological polar surface area (TPSA) is 59.2 Å². The molecule has 94 valence electrons. The Morgan fingerprint density at radius 2 is 2.06 bits per heavy atom. The van der Waals surface area contributed by atoms with Crippen molar-refractivity contribution in [3.05, 3.63) is 42.2 Å². The van der Waals surface area contributed by atoms with E-state index in [9.17, 15) is 0 Å². The maximum Gasteiger partial charge on any atom is 0.276 e. The molecule has 0 atom stereocenters. The molecule has 0 unspecified atom stereocenters. The molecular weight excluding hydrogens is 248 g/mol. The molecule has 1 N–H and O–H groups in total. The van der Waals surface area contributed by atoms with Gasteiger partial charge in [0.25, 0.3) is 5.22 Å². The molecule has 0 saturated carbocycles. The summed E-state index contributed by atoms with van der Waals surface area (Å²) in [5.74, 6) is 1.35. The molecule has 0 radical (unpaired) electrons. The number of nitrogens with zero attached hydrogens (tertiary/aromatic N) is 2. The van der Waals surface area contributed by atoms with Crippen LogP contribution in [-0.2, 0) is 0 Å². The number of hydrogen-bond donors (Lipinski definition) is 1. The lowest BCUT2D eigenvalue weighted by Crippen LogP contribution is -1.82. The van der Waals surface area contributed by atoms with Crippen LogP contribution in [0.4, 0.5) is 0 Å². The molecule has 0 aliphatic carbocycles. The van der Waals surface area contributed by atoms with Crippen LogP contribution < -0.4 is 0 Å². The van der Waals surface area contributed by atoms with Gasteiger partial charge in [-0.25, -0.2) is 0 Å². The zero-order valence-corrected chi connectivity index (χ0v) is 10.9. The van der Waals surface area contributed by atoms with E-state index in [-0.39, 0.29) is 5.76 Å². The molecule has 0 aliphatic heterocycles. The summed E-state index contributed by atoms with van der Waals surface area (Å²) in [4.78, 5) is 0. The summed E-state index contributed by atoms with van der Waals surface area (Å²) in [7, 11) is 0. The van der Waals surface area contributed by atoms with Crippen LogP contribution in [-0.4, -0.2) is 21.1 Å². The summed E-state index contributed by atoms with van der Waals surface area (Å²) >= 11 is 1.41. The molecule has 1 aromatic carbocycles. The molecule has 0 aliphatic rings. The second-order valence-electron chi connectivity index (χ2n) is 3.90. The van der Waals surface area contributed by atoms with E-state index in [4.69, 9.17) is 9.52 Å². The van der Waals surface area contributed by atoms with Crippen LogP contribution in [0.5, 0.6) is 0 Å². The van der Waals surface area contributed by atoms with E-state index >= 15 is 0 Å². The second kappa shape index (κ2) is 5.73. The predicted molar refractivity (Wildman–Crippen MR) is 71.6 cm³/mol. The summed E-state index contributed by atoms with van der Waals surface area (Å²) in [6.07, 6.45) is 0.521. The number of hydrogen-bond acceptors (Lipinski definition) is 5. The first kappa shape index (κ1) is 12.7. The monoisotopic (exact) mass is 262 g/mol. The van der Waals surface area contributed by atoms with Gasteiger partial charge in [-0.1, -0.05) is 36.0 Å². The number of aliphatic hydroxyl groups excluding tert-OH is 1. The standard InChI is InChI=1S/C13H14N2O2S/c1-9-3-5-11(6-4-9)12-14-15-13(17-12)18-8-7-10(2)16/h3-6,16H,2,7-8H2,1H3. The molecule has 2 rings (SSSR count). The minimum Gasteiger partial charge on any atom is -0.513 e.